The molecule has 0 fully saturated rings. The van der Waals surface area contributed by atoms with Gasteiger partial charge in [0.15, 0.2) is 5.76 Å². The molecule has 3 rings (SSSR count). The highest BCUT2D eigenvalue weighted by Crippen LogP contribution is 2.09. The molecule has 0 spiro atoms. The van der Waals surface area contributed by atoms with Crippen molar-refractivity contribution in [3.63, 3.8) is 0 Å². The first kappa shape index (κ1) is 16.1. The zero-order valence-electron chi connectivity index (χ0n) is 13.7. The lowest BCUT2D eigenvalue weighted by Gasteiger charge is -2.08. The van der Waals surface area contributed by atoms with E-state index in [1.807, 2.05) is 37.4 Å². The van der Waals surface area contributed by atoms with Crippen LogP contribution in [0.3, 0.4) is 0 Å². The Morgan fingerprint density at radius 1 is 1.21 bits per heavy atom. The quantitative estimate of drug-likeness (QED) is 0.726. The summed E-state index contributed by atoms with van der Waals surface area (Å²) in [4.78, 5) is 16.5. The molecule has 1 aromatic carbocycles. The highest BCUT2D eigenvalue weighted by Gasteiger charge is 2.11. The van der Waals surface area contributed by atoms with Gasteiger partial charge in [-0.3, -0.25) is 4.79 Å². The largest absolute Gasteiger partial charge is 0.456 e. The number of aryl methyl sites for hydroxylation is 3. The second-order valence-electron chi connectivity index (χ2n) is 5.57. The van der Waals surface area contributed by atoms with Crippen molar-refractivity contribution in [2.75, 3.05) is 0 Å². The number of hydrogen-bond donors (Lipinski definition) is 1. The van der Waals surface area contributed by atoms with E-state index < -0.39 is 0 Å². The molecule has 0 aliphatic heterocycles. The minimum Gasteiger partial charge on any atom is -0.456 e. The van der Waals surface area contributed by atoms with Crippen molar-refractivity contribution in [1.29, 1.82) is 0 Å². The van der Waals surface area contributed by atoms with Crippen LogP contribution in [0.2, 0.25) is 0 Å². The number of rotatable bonds is 7. The van der Waals surface area contributed by atoms with Crippen molar-refractivity contribution in [3.8, 4) is 0 Å². The molecule has 5 heteroatoms. The smallest absolute Gasteiger partial charge is 0.287 e. The van der Waals surface area contributed by atoms with Crippen LogP contribution in [0.1, 0.15) is 34.6 Å². The molecule has 0 saturated carbocycles. The lowest BCUT2D eigenvalue weighted by atomic mass is 10.1. The summed E-state index contributed by atoms with van der Waals surface area (Å²) >= 11 is 0. The van der Waals surface area contributed by atoms with Crippen LogP contribution < -0.4 is 5.32 Å². The van der Waals surface area contributed by atoms with Crippen LogP contribution in [0.25, 0.3) is 0 Å². The minimum absolute atomic E-state index is 0.215. The number of nitrogens with one attached hydrogen (secondary N) is 1. The SMILES string of the molecule is CCc1ccc(C(=O)NCc2nccn2CCc2ccccc2)o1. The maximum Gasteiger partial charge on any atom is 0.287 e. The van der Waals surface area contributed by atoms with Gasteiger partial charge in [-0.2, -0.15) is 0 Å². The van der Waals surface area contributed by atoms with Gasteiger partial charge in [0.25, 0.3) is 5.91 Å². The van der Waals surface area contributed by atoms with Crippen molar-refractivity contribution in [2.24, 2.45) is 0 Å². The number of imidazole rings is 1. The maximum absolute atomic E-state index is 12.1. The molecule has 124 valence electrons. The first-order valence-corrected chi connectivity index (χ1v) is 8.17. The van der Waals surface area contributed by atoms with Crippen molar-refractivity contribution in [2.45, 2.75) is 32.9 Å². The molecule has 0 saturated heterocycles. The molecule has 0 radical (unpaired) electrons. The Bertz CT molecular complexity index is 790. The highest BCUT2D eigenvalue weighted by atomic mass is 16.3. The fraction of sp³-hybridized carbons (Fsp3) is 0.263. The molecule has 0 bridgehead atoms. The predicted octanol–water partition coefficient (Wildman–Crippen LogP) is 3.21. The summed E-state index contributed by atoms with van der Waals surface area (Å²) in [6, 6.07) is 13.9. The maximum atomic E-state index is 12.1. The molecule has 2 heterocycles. The van der Waals surface area contributed by atoms with Gasteiger partial charge in [-0.1, -0.05) is 37.3 Å². The molecule has 24 heavy (non-hydrogen) atoms. The standard InChI is InChI=1S/C19H21N3O2/c1-2-16-8-9-17(24-16)19(23)21-14-18-20-11-13-22(18)12-10-15-6-4-3-5-7-15/h3-9,11,13H,2,10,12,14H2,1H3,(H,21,23). The minimum atomic E-state index is -0.215. The third kappa shape index (κ3) is 3.93. The zero-order valence-corrected chi connectivity index (χ0v) is 13.7. The van der Waals surface area contributed by atoms with E-state index in [0.717, 1.165) is 31.0 Å². The number of carbonyl (C=O) groups is 1. The van der Waals surface area contributed by atoms with Crippen LogP contribution in [0.4, 0.5) is 0 Å². The van der Waals surface area contributed by atoms with Crippen LogP contribution >= 0.6 is 0 Å². The van der Waals surface area contributed by atoms with E-state index >= 15 is 0 Å². The number of amides is 1. The lowest BCUT2D eigenvalue weighted by molar-refractivity contribution is 0.0920. The average molecular weight is 323 g/mol. The van der Waals surface area contributed by atoms with Crippen molar-refractivity contribution in [1.82, 2.24) is 14.9 Å². The second kappa shape index (κ2) is 7.64. The van der Waals surface area contributed by atoms with Crippen molar-refractivity contribution in [3.05, 3.63) is 77.8 Å². The van der Waals surface area contributed by atoms with Crippen molar-refractivity contribution >= 4 is 5.91 Å². The summed E-state index contributed by atoms with van der Waals surface area (Å²) in [5, 5.41) is 2.86. The van der Waals surface area contributed by atoms with E-state index in [-0.39, 0.29) is 5.91 Å². The Morgan fingerprint density at radius 3 is 2.79 bits per heavy atom. The normalized spacial score (nSPS) is 10.7. The topological polar surface area (TPSA) is 60.1 Å². The molecule has 5 nitrogen and oxygen atoms in total. The average Bonchev–Trinajstić information content (AvgIpc) is 3.28. The lowest BCUT2D eigenvalue weighted by Crippen LogP contribution is -2.24. The number of benzene rings is 1. The van der Waals surface area contributed by atoms with Gasteiger partial charge < -0.3 is 14.3 Å². The predicted molar refractivity (Wildman–Crippen MR) is 91.6 cm³/mol. The molecule has 3 aromatic rings. The fourth-order valence-corrected chi connectivity index (χ4v) is 2.54. The van der Waals surface area contributed by atoms with Gasteiger partial charge in [0.05, 0.1) is 6.54 Å². The molecule has 0 atom stereocenters. The Morgan fingerprint density at radius 2 is 2.04 bits per heavy atom. The van der Waals surface area contributed by atoms with E-state index in [2.05, 4.69) is 27.0 Å². The summed E-state index contributed by atoms with van der Waals surface area (Å²) in [5.74, 6) is 1.77. The van der Waals surface area contributed by atoms with Gasteiger partial charge in [-0.15, -0.1) is 0 Å². The molecule has 2 aromatic heterocycles. The van der Waals surface area contributed by atoms with Crippen LogP contribution in [-0.2, 0) is 25.9 Å². The Balaban J connectivity index is 1.56. The number of hydrogen-bond acceptors (Lipinski definition) is 3. The fourth-order valence-electron chi connectivity index (χ4n) is 2.54. The van der Waals surface area contributed by atoms with Crippen molar-refractivity contribution < 1.29 is 9.21 Å². The highest BCUT2D eigenvalue weighted by molar-refractivity contribution is 5.91. The van der Waals surface area contributed by atoms with E-state index in [9.17, 15) is 4.79 Å². The van der Waals surface area contributed by atoms with E-state index in [0.29, 0.717) is 12.3 Å². The van der Waals surface area contributed by atoms with E-state index in [4.69, 9.17) is 4.42 Å². The monoisotopic (exact) mass is 323 g/mol. The summed E-state index contributed by atoms with van der Waals surface area (Å²) in [6.07, 6.45) is 5.40. The first-order valence-electron chi connectivity index (χ1n) is 8.17. The van der Waals surface area contributed by atoms with Crippen LogP contribution in [0.5, 0.6) is 0 Å². The second-order valence-corrected chi connectivity index (χ2v) is 5.57. The van der Waals surface area contributed by atoms with Gasteiger partial charge in [0.1, 0.15) is 11.6 Å². The number of furan rings is 1. The number of aromatic nitrogens is 2. The van der Waals surface area contributed by atoms with E-state index in [1.54, 1.807) is 12.3 Å². The molecule has 0 aliphatic carbocycles. The van der Waals surface area contributed by atoms with Gasteiger partial charge >= 0.3 is 0 Å². The van der Waals surface area contributed by atoms with Crippen LogP contribution in [0.15, 0.2) is 59.3 Å². The molecule has 1 N–H and O–H groups in total. The zero-order chi connectivity index (χ0) is 16.8. The van der Waals surface area contributed by atoms with Gasteiger partial charge in [-0.05, 0) is 24.1 Å². The molecule has 0 unspecified atom stereocenters. The third-order valence-electron chi connectivity index (χ3n) is 3.93. The van der Waals surface area contributed by atoms with E-state index in [1.165, 1.54) is 5.56 Å². The summed E-state index contributed by atoms with van der Waals surface area (Å²) < 4.78 is 7.52. The first-order chi connectivity index (χ1) is 11.8. The van der Waals surface area contributed by atoms with Crippen LogP contribution in [0, 0.1) is 0 Å². The molecule has 1 amide bonds. The van der Waals surface area contributed by atoms with Crippen LogP contribution in [-0.4, -0.2) is 15.5 Å². The summed E-state index contributed by atoms with van der Waals surface area (Å²) in [7, 11) is 0. The Labute approximate surface area is 141 Å². The Hall–Kier alpha value is -2.82. The Kier molecular flexibility index (Phi) is 5.11. The van der Waals surface area contributed by atoms with Gasteiger partial charge in [0, 0.05) is 25.4 Å². The summed E-state index contributed by atoms with van der Waals surface area (Å²) in [5.41, 5.74) is 1.28. The number of carbonyl (C=O) groups excluding carboxylic acids is 1. The van der Waals surface area contributed by atoms with Gasteiger partial charge in [0.2, 0.25) is 0 Å². The molecule has 0 aliphatic rings. The third-order valence-corrected chi connectivity index (χ3v) is 3.93. The number of nitrogens with zero attached hydrogens (tertiary/aromatic N) is 2. The molecular formula is C19H21N3O2. The van der Waals surface area contributed by atoms with Gasteiger partial charge in [-0.25, -0.2) is 4.98 Å². The molecular weight excluding hydrogens is 302 g/mol. The summed E-state index contributed by atoms with van der Waals surface area (Å²) in [6.45, 7) is 3.20.